The number of rotatable bonds is 4. The molecular formula is C12H11BrN2OS. The molecule has 1 aromatic heterocycles. The lowest BCUT2D eigenvalue weighted by molar-refractivity contribution is 0.309. The summed E-state index contributed by atoms with van der Waals surface area (Å²) < 4.78 is 6.59. The van der Waals surface area contributed by atoms with E-state index in [4.69, 9.17) is 15.9 Å². The average molecular weight is 311 g/mol. The van der Waals surface area contributed by atoms with E-state index in [9.17, 15) is 0 Å². The van der Waals surface area contributed by atoms with E-state index in [2.05, 4.69) is 15.9 Å². The first-order valence-electron chi connectivity index (χ1n) is 4.96. The summed E-state index contributed by atoms with van der Waals surface area (Å²) >= 11 is 5.01. The average Bonchev–Trinajstić information content (AvgIpc) is 2.78. The summed E-state index contributed by atoms with van der Waals surface area (Å²) in [4.78, 5) is 1.14. The quantitative estimate of drug-likeness (QED) is 0.672. The number of amidine groups is 1. The molecule has 0 fully saturated rings. The highest BCUT2D eigenvalue weighted by atomic mass is 79.9. The molecule has 0 bridgehead atoms. The number of halogens is 1. The zero-order valence-corrected chi connectivity index (χ0v) is 11.3. The van der Waals surface area contributed by atoms with Crippen molar-refractivity contribution in [3.05, 3.63) is 50.6 Å². The predicted octanol–water partition coefficient (Wildman–Crippen LogP) is 3.37. The zero-order chi connectivity index (χ0) is 12.3. The fourth-order valence-corrected chi connectivity index (χ4v) is 2.34. The van der Waals surface area contributed by atoms with Gasteiger partial charge in [-0.1, -0.05) is 22.0 Å². The van der Waals surface area contributed by atoms with Crippen molar-refractivity contribution in [3.8, 4) is 5.75 Å². The van der Waals surface area contributed by atoms with Crippen LogP contribution >= 0.6 is 27.3 Å². The van der Waals surface area contributed by atoms with E-state index in [1.54, 1.807) is 17.4 Å². The molecule has 17 heavy (non-hydrogen) atoms. The van der Waals surface area contributed by atoms with E-state index in [0.29, 0.717) is 17.9 Å². The molecule has 0 saturated heterocycles. The Kier molecular flexibility index (Phi) is 3.81. The molecule has 3 nitrogen and oxygen atoms in total. The molecule has 5 heteroatoms. The molecular weight excluding hydrogens is 300 g/mol. The molecule has 0 unspecified atom stereocenters. The molecule has 0 amide bonds. The van der Waals surface area contributed by atoms with Gasteiger partial charge in [0, 0.05) is 9.35 Å². The van der Waals surface area contributed by atoms with Crippen molar-refractivity contribution in [3.63, 3.8) is 0 Å². The topological polar surface area (TPSA) is 59.1 Å². The fraction of sp³-hybridized carbons (Fsp3) is 0.0833. The Hall–Kier alpha value is -1.33. The van der Waals surface area contributed by atoms with Gasteiger partial charge in [-0.15, -0.1) is 11.3 Å². The lowest BCUT2D eigenvalue weighted by Crippen LogP contribution is -2.13. The second-order valence-corrected chi connectivity index (χ2v) is 5.37. The maximum absolute atomic E-state index is 7.48. The number of hydrogen-bond donors (Lipinski definition) is 2. The van der Waals surface area contributed by atoms with E-state index in [-0.39, 0.29) is 5.84 Å². The van der Waals surface area contributed by atoms with Crippen LogP contribution in [0, 0.1) is 5.41 Å². The summed E-state index contributed by atoms with van der Waals surface area (Å²) in [6.45, 7) is 0.494. The van der Waals surface area contributed by atoms with Crippen molar-refractivity contribution >= 4 is 33.1 Å². The second kappa shape index (κ2) is 5.33. The molecule has 88 valence electrons. The van der Waals surface area contributed by atoms with Crippen LogP contribution in [-0.4, -0.2) is 5.84 Å². The van der Waals surface area contributed by atoms with Gasteiger partial charge in [0.05, 0.1) is 5.56 Å². The Bertz CT molecular complexity index is 525. The molecule has 2 aromatic rings. The first-order valence-corrected chi connectivity index (χ1v) is 6.63. The molecule has 0 aliphatic rings. The molecule has 0 aliphatic heterocycles. The highest BCUT2D eigenvalue weighted by Crippen LogP contribution is 2.24. The maximum atomic E-state index is 7.48. The van der Waals surface area contributed by atoms with E-state index < -0.39 is 0 Å². The van der Waals surface area contributed by atoms with Gasteiger partial charge in [0.2, 0.25) is 0 Å². The van der Waals surface area contributed by atoms with Crippen LogP contribution in [0.4, 0.5) is 0 Å². The van der Waals surface area contributed by atoms with Crippen molar-refractivity contribution in [1.82, 2.24) is 0 Å². The van der Waals surface area contributed by atoms with E-state index in [1.165, 1.54) is 0 Å². The summed E-state index contributed by atoms with van der Waals surface area (Å²) in [5.41, 5.74) is 6.12. The maximum Gasteiger partial charge on any atom is 0.131 e. The van der Waals surface area contributed by atoms with Gasteiger partial charge < -0.3 is 10.5 Å². The Morgan fingerprint density at radius 2 is 2.24 bits per heavy atom. The van der Waals surface area contributed by atoms with Gasteiger partial charge in [-0.3, -0.25) is 5.41 Å². The fourth-order valence-electron chi connectivity index (χ4n) is 1.38. The highest BCUT2D eigenvalue weighted by molar-refractivity contribution is 9.10. The van der Waals surface area contributed by atoms with Crippen LogP contribution in [0.2, 0.25) is 0 Å². The molecule has 0 saturated carbocycles. The van der Waals surface area contributed by atoms with Crippen LogP contribution in [0.25, 0.3) is 0 Å². The number of nitrogens with one attached hydrogen (secondary N) is 1. The highest BCUT2D eigenvalue weighted by Gasteiger charge is 2.07. The number of nitrogen functional groups attached to an aromatic ring is 1. The van der Waals surface area contributed by atoms with Crippen molar-refractivity contribution in [2.24, 2.45) is 5.73 Å². The van der Waals surface area contributed by atoms with Gasteiger partial charge in [-0.2, -0.15) is 0 Å². The standard InChI is InChI=1S/C12H11BrN2OS/c13-8-3-4-10(12(14)15)11(6-8)16-7-9-2-1-5-17-9/h1-6H,7H2,(H3,14,15). The van der Waals surface area contributed by atoms with Gasteiger partial charge in [0.25, 0.3) is 0 Å². The van der Waals surface area contributed by atoms with Crippen molar-refractivity contribution in [2.45, 2.75) is 6.61 Å². The molecule has 1 heterocycles. The molecule has 0 aliphatic carbocycles. The summed E-state index contributed by atoms with van der Waals surface area (Å²) in [7, 11) is 0. The number of benzene rings is 1. The van der Waals surface area contributed by atoms with Crippen molar-refractivity contribution in [1.29, 1.82) is 5.41 Å². The lowest BCUT2D eigenvalue weighted by atomic mass is 10.2. The molecule has 2 rings (SSSR count). The van der Waals surface area contributed by atoms with Crippen LogP contribution in [0.1, 0.15) is 10.4 Å². The third kappa shape index (κ3) is 3.08. The SMILES string of the molecule is N=C(N)c1ccc(Br)cc1OCc1cccs1. The first kappa shape index (κ1) is 12.1. The predicted molar refractivity (Wildman–Crippen MR) is 73.8 cm³/mol. The van der Waals surface area contributed by atoms with Crippen LogP contribution in [0.5, 0.6) is 5.75 Å². The third-order valence-electron chi connectivity index (χ3n) is 2.18. The van der Waals surface area contributed by atoms with Gasteiger partial charge in [-0.25, -0.2) is 0 Å². The van der Waals surface area contributed by atoms with Crippen LogP contribution < -0.4 is 10.5 Å². The molecule has 1 aromatic carbocycles. The first-order chi connectivity index (χ1) is 8.16. The summed E-state index contributed by atoms with van der Waals surface area (Å²) in [6.07, 6.45) is 0. The molecule has 0 atom stereocenters. The Morgan fingerprint density at radius 1 is 1.41 bits per heavy atom. The summed E-state index contributed by atoms with van der Waals surface area (Å²) in [5, 5.41) is 9.49. The number of thiophene rings is 1. The normalized spacial score (nSPS) is 10.2. The number of ether oxygens (including phenoxy) is 1. The minimum Gasteiger partial charge on any atom is -0.487 e. The second-order valence-electron chi connectivity index (χ2n) is 3.42. The van der Waals surface area contributed by atoms with Crippen molar-refractivity contribution in [2.75, 3.05) is 0 Å². The summed E-state index contributed by atoms with van der Waals surface area (Å²) in [5.74, 6) is 0.638. The van der Waals surface area contributed by atoms with E-state index in [0.717, 1.165) is 9.35 Å². The largest absolute Gasteiger partial charge is 0.487 e. The zero-order valence-electron chi connectivity index (χ0n) is 8.94. The summed E-state index contributed by atoms with van der Waals surface area (Å²) in [6, 6.07) is 9.43. The Morgan fingerprint density at radius 3 is 2.88 bits per heavy atom. The monoisotopic (exact) mass is 310 g/mol. The van der Waals surface area contributed by atoms with Gasteiger partial charge in [0.15, 0.2) is 0 Å². The minimum absolute atomic E-state index is 0.0127. The van der Waals surface area contributed by atoms with Crippen LogP contribution in [-0.2, 0) is 6.61 Å². The van der Waals surface area contributed by atoms with Gasteiger partial charge in [-0.05, 0) is 29.6 Å². The molecule has 0 spiro atoms. The molecule has 3 N–H and O–H groups in total. The van der Waals surface area contributed by atoms with Crippen LogP contribution in [0.3, 0.4) is 0 Å². The Labute approximate surface area is 112 Å². The third-order valence-corrected chi connectivity index (χ3v) is 3.53. The number of nitrogens with two attached hydrogens (primary N) is 1. The van der Waals surface area contributed by atoms with E-state index in [1.807, 2.05) is 29.6 Å². The van der Waals surface area contributed by atoms with Gasteiger partial charge in [0.1, 0.15) is 18.2 Å². The van der Waals surface area contributed by atoms with E-state index >= 15 is 0 Å². The van der Waals surface area contributed by atoms with Crippen molar-refractivity contribution < 1.29 is 4.74 Å². The lowest BCUT2D eigenvalue weighted by Gasteiger charge is -2.10. The Balaban J connectivity index is 2.19. The van der Waals surface area contributed by atoms with Crippen LogP contribution in [0.15, 0.2) is 40.2 Å². The van der Waals surface area contributed by atoms with Gasteiger partial charge >= 0.3 is 0 Å². The molecule has 0 radical (unpaired) electrons. The minimum atomic E-state index is 0.0127. The smallest absolute Gasteiger partial charge is 0.131 e. The number of hydrogen-bond acceptors (Lipinski definition) is 3.